The summed E-state index contributed by atoms with van der Waals surface area (Å²) < 4.78 is 0. The van der Waals surface area contributed by atoms with E-state index in [9.17, 15) is 9.59 Å². The van der Waals surface area contributed by atoms with Crippen LogP contribution in [0.25, 0.3) is 0 Å². The van der Waals surface area contributed by atoms with Crippen LogP contribution in [0.1, 0.15) is 31.9 Å². The van der Waals surface area contributed by atoms with Gasteiger partial charge in [0.1, 0.15) is 0 Å². The highest BCUT2D eigenvalue weighted by molar-refractivity contribution is 5.91. The Morgan fingerprint density at radius 1 is 0.964 bits per heavy atom. The van der Waals surface area contributed by atoms with E-state index in [1.807, 2.05) is 55.5 Å². The van der Waals surface area contributed by atoms with Crippen LogP contribution in [-0.2, 0) is 16.0 Å². The molecule has 5 nitrogen and oxygen atoms in total. The second kappa shape index (κ2) is 10.5. The highest BCUT2D eigenvalue weighted by atomic mass is 16.2. The SMILES string of the molecule is CCN(CC)c1ccc(N(CCNC(=O)Cc2cccc(C)c2)C(C)=O)cc1. The van der Waals surface area contributed by atoms with Gasteiger partial charge in [-0.25, -0.2) is 0 Å². The molecular weight excluding hydrogens is 350 g/mol. The van der Waals surface area contributed by atoms with Crippen molar-refractivity contribution < 1.29 is 9.59 Å². The van der Waals surface area contributed by atoms with Gasteiger partial charge in [0.15, 0.2) is 0 Å². The maximum atomic E-state index is 12.2. The number of nitrogens with one attached hydrogen (secondary N) is 1. The Bertz CT molecular complexity index is 783. The monoisotopic (exact) mass is 381 g/mol. The van der Waals surface area contributed by atoms with E-state index < -0.39 is 0 Å². The zero-order valence-electron chi connectivity index (χ0n) is 17.4. The van der Waals surface area contributed by atoms with Crippen molar-refractivity contribution in [2.45, 2.75) is 34.1 Å². The normalized spacial score (nSPS) is 10.4. The quantitative estimate of drug-likeness (QED) is 0.723. The van der Waals surface area contributed by atoms with Gasteiger partial charge in [0.2, 0.25) is 11.8 Å². The van der Waals surface area contributed by atoms with Crippen molar-refractivity contribution in [1.82, 2.24) is 5.32 Å². The van der Waals surface area contributed by atoms with Gasteiger partial charge < -0.3 is 15.1 Å². The molecule has 0 saturated carbocycles. The molecular formula is C23H31N3O2. The third-order valence-electron chi connectivity index (χ3n) is 4.77. The Morgan fingerprint density at radius 2 is 1.61 bits per heavy atom. The van der Waals surface area contributed by atoms with Gasteiger partial charge in [-0.2, -0.15) is 0 Å². The van der Waals surface area contributed by atoms with E-state index in [-0.39, 0.29) is 11.8 Å². The molecule has 28 heavy (non-hydrogen) atoms. The molecule has 0 atom stereocenters. The number of aryl methyl sites for hydroxylation is 1. The van der Waals surface area contributed by atoms with Crippen molar-refractivity contribution in [3.05, 3.63) is 59.7 Å². The molecule has 0 heterocycles. The van der Waals surface area contributed by atoms with Gasteiger partial charge in [0.25, 0.3) is 0 Å². The molecule has 0 aliphatic heterocycles. The highest BCUT2D eigenvalue weighted by Crippen LogP contribution is 2.20. The van der Waals surface area contributed by atoms with Crippen LogP contribution in [0.5, 0.6) is 0 Å². The zero-order valence-corrected chi connectivity index (χ0v) is 17.4. The number of hydrogen-bond donors (Lipinski definition) is 1. The summed E-state index contributed by atoms with van der Waals surface area (Å²) in [5, 5.41) is 2.91. The zero-order chi connectivity index (χ0) is 20.5. The van der Waals surface area contributed by atoms with E-state index >= 15 is 0 Å². The molecule has 150 valence electrons. The summed E-state index contributed by atoms with van der Waals surface area (Å²) >= 11 is 0. The van der Waals surface area contributed by atoms with E-state index in [2.05, 4.69) is 24.1 Å². The lowest BCUT2D eigenvalue weighted by Crippen LogP contribution is -2.38. The molecule has 5 heteroatoms. The Kier molecular flexibility index (Phi) is 8.05. The molecule has 0 spiro atoms. The number of carbonyl (C=O) groups excluding carboxylic acids is 2. The molecule has 0 fully saturated rings. The first-order valence-electron chi connectivity index (χ1n) is 9.90. The Labute approximate surface area is 168 Å². The van der Waals surface area contributed by atoms with Gasteiger partial charge in [0, 0.05) is 44.5 Å². The largest absolute Gasteiger partial charge is 0.372 e. The van der Waals surface area contributed by atoms with Crippen molar-refractivity contribution in [3.8, 4) is 0 Å². The molecule has 0 unspecified atom stereocenters. The molecule has 0 aromatic heterocycles. The number of anilines is 2. The fraction of sp³-hybridized carbons (Fsp3) is 0.391. The van der Waals surface area contributed by atoms with E-state index in [0.29, 0.717) is 19.5 Å². The molecule has 0 bridgehead atoms. The van der Waals surface area contributed by atoms with Gasteiger partial charge in [-0.05, 0) is 50.6 Å². The molecule has 0 aliphatic carbocycles. The topological polar surface area (TPSA) is 52.6 Å². The summed E-state index contributed by atoms with van der Waals surface area (Å²) in [4.78, 5) is 28.2. The van der Waals surface area contributed by atoms with E-state index in [0.717, 1.165) is 35.6 Å². The first kappa shape index (κ1) is 21.5. The van der Waals surface area contributed by atoms with E-state index in [4.69, 9.17) is 0 Å². The molecule has 2 aromatic rings. The van der Waals surface area contributed by atoms with Crippen LogP contribution in [-0.4, -0.2) is 38.0 Å². The Hall–Kier alpha value is -2.82. The molecule has 0 aliphatic rings. The minimum atomic E-state index is -0.0384. The van der Waals surface area contributed by atoms with E-state index in [1.54, 1.807) is 11.8 Å². The first-order valence-corrected chi connectivity index (χ1v) is 9.90. The van der Waals surface area contributed by atoms with Crippen LogP contribution in [0.4, 0.5) is 11.4 Å². The number of carbonyl (C=O) groups is 2. The lowest BCUT2D eigenvalue weighted by atomic mass is 10.1. The lowest BCUT2D eigenvalue weighted by Gasteiger charge is -2.24. The summed E-state index contributed by atoms with van der Waals surface area (Å²) in [6.07, 6.45) is 0.348. The summed E-state index contributed by atoms with van der Waals surface area (Å²) in [5.74, 6) is -0.0745. The number of amides is 2. The van der Waals surface area contributed by atoms with Gasteiger partial charge >= 0.3 is 0 Å². The van der Waals surface area contributed by atoms with Crippen molar-refractivity contribution >= 4 is 23.2 Å². The Morgan fingerprint density at radius 3 is 2.18 bits per heavy atom. The minimum Gasteiger partial charge on any atom is -0.372 e. The van der Waals surface area contributed by atoms with E-state index in [1.165, 1.54) is 0 Å². The van der Waals surface area contributed by atoms with Gasteiger partial charge in [-0.15, -0.1) is 0 Å². The Balaban J connectivity index is 1.92. The molecule has 2 aromatic carbocycles. The van der Waals surface area contributed by atoms with Crippen molar-refractivity contribution in [3.63, 3.8) is 0 Å². The summed E-state index contributed by atoms with van der Waals surface area (Å²) in [6.45, 7) is 10.6. The fourth-order valence-corrected chi connectivity index (χ4v) is 3.28. The maximum Gasteiger partial charge on any atom is 0.224 e. The molecule has 2 rings (SSSR count). The third-order valence-corrected chi connectivity index (χ3v) is 4.77. The molecule has 0 saturated heterocycles. The van der Waals surface area contributed by atoms with Crippen LogP contribution >= 0.6 is 0 Å². The van der Waals surface area contributed by atoms with Gasteiger partial charge in [0.05, 0.1) is 6.42 Å². The second-order valence-corrected chi connectivity index (χ2v) is 6.88. The standard InChI is InChI=1S/C23H31N3O2/c1-5-25(6-2)21-10-12-22(13-11-21)26(19(4)27)15-14-24-23(28)17-20-9-7-8-18(3)16-20/h7-13,16H,5-6,14-15,17H2,1-4H3,(H,24,28). The average molecular weight is 382 g/mol. The van der Waals surface area contributed by atoms with Crippen molar-refractivity contribution in [2.24, 2.45) is 0 Å². The van der Waals surface area contributed by atoms with Crippen molar-refractivity contribution in [2.75, 3.05) is 36.0 Å². The van der Waals surface area contributed by atoms with Crippen LogP contribution in [0.3, 0.4) is 0 Å². The van der Waals surface area contributed by atoms with Crippen LogP contribution < -0.4 is 15.1 Å². The predicted molar refractivity (Wildman–Crippen MR) is 116 cm³/mol. The summed E-state index contributed by atoms with van der Waals surface area (Å²) in [5.41, 5.74) is 4.12. The summed E-state index contributed by atoms with van der Waals surface area (Å²) in [6, 6.07) is 15.9. The smallest absolute Gasteiger partial charge is 0.224 e. The minimum absolute atomic E-state index is 0.0361. The fourth-order valence-electron chi connectivity index (χ4n) is 3.28. The molecule has 1 N–H and O–H groups in total. The third kappa shape index (κ3) is 6.12. The first-order chi connectivity index (χ1) is 13.4. The second-order valence-electron chi connectivity index (χ2n) is 6.88. The number of nitrogens with zero attached hydrogens (tertiary/aromatic N) is 2. The van der Waals surface area contributed by atoms with Gasteiger partial charge in [-0.1, -0.05) is 29.8 Å². The lowest BCUT2D eigenvalue weighted by molar-refractivity contribution is -0.121. The number of rotatable bonds is 9. The number of hydrogen-bond acceptors (Lipinski definition) is 3. The predicted octanol–water partition coefficient (Wildman–Crippen LogP) is 3.55. The average Bonchev–Trinajstić information content (AvgIpc) is 2.67. The van der Waals surface area contributed by atoms with Gasteiger partial charge in [-0.3, -0.25) is 9.59 Å². The van der Waals surface area contributed by atoms with Crippen LogP contribution in [0, 0.1) is 6.92 Å². The van der Waals surface area contributed by atoms with Crippen molar-refractivity contribution in [1.29, 1.82) is 0 Å². The highest BCUT2D eigenvalue weighted by Gasteiger charge is 2.13. The van der Waals surface area contributed by atoms with Crippen LogP contribution in [0.15, 0.2) is 48.5 Å². The van der Waals surface area contributed by atoms with Crippen LogP contribution in [0.2, 0.25) is 0 Å². The molecule has 2 amide bonds. The number of benzene rings is 2. The molecule has 0 radical (unpaired) electrons. The summed E-state index contributed by atoms with van der Waals surface area (Å²) in [7, 11) is 0. The maximum absolute atomic E-state index is 12.2.